The minimum Gasteiger partial charge on any atom is -0.352 e. The Bertz CT molecular complexity index is 632. The lowest BCUT2D eigenvalue weighted by molar-refractivity contribution is 0.622. The van der Waals surface area contributed by atoms with Crippen molar-refractivity contribution in [2.45, 2.75) is 6.92 Å². The summed E-state index contributed by atoms with van der Waals surface area (Å²) in [4.78, 5) is 0. The second kappa shape index (κ2) is 5.19. The highest BCUT2D eigenvalue weighted by atomic mass is 79.9. The molecule has 2 nitrogen and oxygen atoms in total. The van der Waals surface area contributed by atoms with Gasteiger partial charge in [0, 0.05) is 4.47 Å². The zero-order chi connectivity index (χ0) is 13.1. The average Bonchev–Trinajstić information content (AvgIpc) is 2.35. The molecule has 0 atom stereocenters. The molecule has 18 heavy (non-hydrogen) atoms. The topological polar surface area (TPSA) is 35.8 Å². The Kier molecular flexibility index (Phi) is 3.63. The third-order valence-electron chi connectivity index (χ3n) is 2.56. The Labute approximate surface area is 113 Å². The first-order valence-electron chi connectivity index (χ1n) is 5.33. The molecule has 0 spiro atoms. The molecule has 0 aromatic heterocycles. The molecule has 0 saturated heterocycles. The molecule has 0 radical (unpaired) electrons. The van der Waals surface area contributed by atoms with E-state index in [-0.39, 0.29) is 5.82 Å². The number of hydrogen-bond donors (Lipinski definition) is 1. The Balaban J connectivity index is 2.43. The second-order valence-electron chi connectivity index (χ2n) is 3.86. The molecule has 0 unspecified atom stereocenters. The van der Waals surface area contributed by atoms with Crippen molar-refractivity contribution in [3.8, 4) is 6.07 Å². The number of anilines is 2. The fourth-order valence-corrected chi connectivity index (χ4v) is 1.97. The molecule has 0 heterocycles. The van der Waals surface area contributed by atoms with Crippen molar-refractivity contribution in [2.24, 2.45) is 0 Å². The van der Waals surface area contributed by atoms with Gasteiger partial charge in [-0.15, -0.1) is 0 Å². The number of nitrogens with zero attached hydrogens (tertiary/aromatic N) is 1. The van der Waals surface area contributed by atoms with Crippen molar-refractivity contribution in [3.63, 3.8) is 0 Å². The number of aryl methyl sites for hydroxylation is 1. The van der Waals surface area contributed by atoms with E-state index in [4.69, 9.17) is 5.26 Å². The van der Waals surface area contributed by atoms with Gasteiger partial charge in [-0.3, -0.25) is 0 Å². The second-order valence-corrected chi connectivity index (χ2v) is 4.78. The molecular weight excluding hydrogens is 295 g/mol. The van der Waals surface area contributed by atoms with Gasteiger partial charge in [0.1, 0.15) is 11.9 Å². The predicted octanol–water partition coefficient (Wildman–Crippen LogP) is 4.51. The molecule has 0 aliphatic carbocycles. The van der Waals surface area contributed by atoms with E-state index in [1.165, 1.54) is 0 Å². The maximum absolute atomic E-state index is 13.9. The molecule has 0 saturated carbocycles. The van der Waals surface area contributed by atoms with E-state index in [2.05, 4.69) is 27.3 Å². The molecule has 0 aliphatic heterocycles. The average molecular weight is 305 g/mol. The molecule has 0 fully saturated rings. The van der Waals surface area contributed by atoms with Crippen molar-refractivity contribution in [3.05, 3.63) is 57.8 Å². The number of halogens is 2. The standard InChI is InChI=1S/C14H10BrFN2/c1-9-3-2-4-12(14(9)16)18-13-7-11(15)6-5-10(13)8-17/h2-7,18H,1H3. The summed E-state index contributed by atoms with van der Waals surface area (Å²) in [5.74, 6) is -0.304. The van der Waals surface area contributed by atoms with Crippen molar-refractivity contribution >= 4 is 27.3 Å². The number of benzene rings is 2. The van der Waals surface area contributed by atoms with Gasteiger partial charge in [-0.2, -0.15) is 5.26 Å². The summed E-state index contributed by atoms with van der Waals surface area (Å²) >= 11 is 3.33. The zero-order valence-corrected chi connectivity index (χ0v) is 11.3. The van der Waals surface area contributed by atoms with Gasteiger partial charge < -0.3 is 5.32 Å². The maximum Gasteiger partial charge on any atom is 0.149 e. The summed E-state index contributed by atoms with van der Waals surface area (Å²) in [5.41, 5.74) is 1.98. The third kappa shape index (κ3) is 2.52. The molecule has 0 amide bonds. The molecule has 2 aromatic carbocycles. The first-order chi connectivity index (χ1) is 8.61. The van der Waals surface area contributed by atoms with Crippen LogP contribution >= 0.6 is 15.9 Å². The van der Waals surface area contributed by atoms with E-state index in [1.807, 2.05) is 0 Å². The summed E-state index contributed by atoms with van der Waals surface area (Å²) in [6.45, 7) is 1.70. The van der Waals surface area contributed by atoms with Crippen molar-refractivity contribution in [2.75, 3.05) is 5.32 Å². The van der Waals surface area contributed by atoms with Gasteiger partial charge in [0.05, 0.1) is 16.9 Å². The molecule has 0 aliphatic rings. The summed E-state index contributed by atoms with van der Waals surface area (Å²) in [6, 6.07) is 12.4. The predicted molar refractivity (Wildman–Crippen MR) is 73.3 cm³/mol. The molecule has 1 N–H and O–H groups in total. The Morgan fingerprint density at radius 3 is 2.72 bits per heavy atom. The van der Waals surface area contributed by atoms with E-state index < -0.39 is 0 Å². The van der Waals surface area contributed by atoms with Gasteiger partial charge in [-0.1, -0.05) is 28.1 Å². The number of rotatable bonds is 2. The van der Waals surface area contributed by atoms with Crippen LogP contribution in [0.3, 0.4) is 0 Å². The molecular formula is C14H10BrFN2. The largest absolute Gasteiger partial charge is 0.352 e. The van der Waals surface area contributed by atoms with Crippen LogP contribution in [0.25, 0.3) is 0 Å². The normalized spacial score (nSPS) is 9.89. The quantitative estimate of drug-likeness (QED) is 0.886. The summed E-state index contributed by atoms with van der Waals surface area (Å²) < 4.78 is 14.7. The van der Waals surface area contributed by atoms with Crippen molar-refractivity contribution < 1.29 is 4.39 Å². The fraction of sp³-hybridized carbons (Fsp3) is 0.0714. The lowest BCUT2D eigenvalue weighted by Crippen LogP contribution is -1.97. The van der Waals surface area contributed by atoms with Crippen LogP contribution in [0.15, 0.2) is 40.9 Å². The van der Waals surface area contributed by atoms with Gasteiger partial charge in [-0.05, 0) is 36.8 Å². The van der Waals surface area contributed by atoms with Gasteiger partial charge in [-0.25, -0.2) is 4.39 Å². The summed E-state index contributed by atoms with van der Waals surface area (Å²) in [6.07, 6.45) is 0. The highest BCUT2D eigenvalue weighted by molar-refractivity contribution is 9.10. The Hall–Kier alpha value is -1.86. The minimum atomic E-state index is -0.304. The van der Waals surface area contributed by atoms with E-state index in [9.17, 15) is 4.39 Å². The lowest BCUT2D eigenvalue weighted by Gasteiger charge is -2.10. The molecule has 2 aromatic rings. The summed E-state index contributed by atoms with van der Waals surface area (Å²) in [7, 11) is 0. The van der Waals surface area contributed by atoms with Crippen LogP contribution in [0.4, 0.5) is 15.8 Å². The van der Waals surface area contributed by atoms with Crippen molar-refractivity contribution in [1.82, 2.24) is 0 Å². The first kappa shape index (κ1) is 12.6. The SMILES string of the molecule is Cc1cccc(Nc2cc(Br)ccc2C#N)c1F. The Morgan fingerprint density at radius 1 is 1.22 bits per heavy atom. The van der Waals surface area contributed by atoms with E-state index in [0.717, 1.165) is 4.47 Å². The van der Waals surface area contributed by atoms with Gasteiger partial charge in [0.15, 0.2) is 0 Å². The fourth-order valence-electron chi connectivity index (χ4n) is 1.61. The number of nitrogens with one attached hydrogen (secondary N) is 1. The van der Waals surface area contributed by atoms with E-state index in [1.54, 1.807) is 43.3 Å². The van der Waals surface area contributed by atoms with Gasteiger partial charge >= 0.3 is 0 Å². The van der Waals surface area contributed by atoms with Crippen LogP contribution in [0.5, 0.6) is 0 Å². The smallest absolute Gasteiger partial charge is 0.149 e. The van der Waals surface area contributed by atoms with Crippen LogP contribution in [-0.4, -0.2) is 0 Å². The van der Waals surface area contributed by atoms with Crippen LogP contribution < -0.4 is 5.32 Å². The van der Waals surface area contributed by atoms with Crippen LogP contribution in [-0.2, 0) is 0 Å². The van der Waals surface area contributed by atoms with E-state index >= 15 is 0 Å². The monoisotopic (exact) mass is 304 g/mol. The van der Waals surface area contributed by atoms with Crippen LogP contribution in [0.1, 0.15) is 11.1 Å². The van der Waals surface area contributed by atoms with Gasteiger partial charge in [0.2, 0.25) is 0 Å². The first-order valence-corrected chi connectivity index (χ1v) is 6.13. The van der Waals surface area contributed by atoms with E-state index in [0.29, 0.717) is 22.5 Å². The third-order valence-corrected chi connectivity index (χ3v) is 3.06. The number of nitriles is 1. The molecule has 4 heteroatoms. The van der Waals surface area contributed by atoms with Crippen molar-refractivity contribution in [1.29, 1.82) is 5.26 Å². The maximum atomic E-state index is 13.9. The van der Waals surface area contributed by atoms with Gasteiger partial charge in [0.25, 0.3) is 0 Å². The highest BCUT2D eigenvalue weighted by Crippen LogP contribution is 2.26. The minimum absolute atomic E-state index is 0.304. The molecule has 90 valence electrons. The highest BCUT2D eigenvalue weighted by Gasteiger charge is 2.08. The molecule has 0 bridgehead atoms. The molecule has 2 rings (SSSR count). The lowest BCUT2D eigenvalue weighted by atomic mass is 10.1. The number of hydrogen-bond acceptors (Lipinski definition) is 2. The van der Waals surface area contributed by atoms with Crippen LogP contribution in [0, 0.1) is 24.1 Å². The Morgan fingerprint density at radius 2 is 2.00 bits per heavy atom. The summed E-state index contributed by atoms with van der Waals surface area (Å²) in [5, 5.41) is 12.0. The zero-order valence-electron chi connectivity index (χ0n) is 9.67. The van der Waals surface area contributed by atoms with Crippen LogP contribution in [0.2, 0.25) is 0 Å².